The molecule has 0 aliphatic carbocycles. The van der Waals surface area contributed by atoms with E-state index in [0.717, 1.165) is 48.3 Å². The van der Waals surface area contributed by atoms with Crippen LogP contribution in [0.15, 0.2) is 54.6 Å². The lowest BCUT2D eigenvalue weighted by molar-refractivity contribution is -0.136. The standard InChI is InChI=1S/C25H29N5O2/c1-18-17-23(21-5-3-4-6-22(21)27-18)28-25(32)24(31)26-12-11-19-7-9-20(10-8-19)30-15-13-29(2)14-16-30/h3-10,17H,11-16H2,1-2H3,(H,26,31)(H,27,28,32). The van der Waals surface area contributed by atoms with Gasteiger partial charge in [-0.05, 0) is 50.2 Å². The van der Waals surface area contributed by atoms with Crippen molar-refractivity contribution in [2.75, 3.05) is 50.0 Å². The summed E-state index contributed by atoms with van der Waals surface area (Å²) in [5, 5.41) is 6.24. The number of rotatable bonds is 5. The molecule has 7 heteroatoms. The van der Waals surface area contributed by atoms with E-state index < -0.39 is 11.8 Å². The molecule has 3 aromatic rings. The summed E-state index contributed by atoms with van der Waals surface area (Å²) >= 11 is 0. The molecule has 2 amide bonds. The number of hydrogen-bond acceptors (Lipinski definition) is 5. The first kappa shape index (κ1) is 21.8. The number of benzene rings is 2. The topological polar surface area (TPSA) is 77.6 Å². The lowest BCUT2D eigenvalue weighted by Crippen LogP contribution is -2.44. The number of para-hydroxylation sites is 1. The second-order valence-electron chi connectivity index (χ2n) is 8.25. The van der Waals surface area contributed by atoms with Crippen molar-refractivity contribution < 1.29 is 9.59 Å². The summed E-state index contributed by atoms with van der Waals surface area (Å²) in [6, 6.07) is 17.7. The minimum atomic E-state index is -0.675. The molecular formula is C25H29N5O2. The van der Waals surface area contributed by atoms with E-state index >= 15 is 0 Å². The highest BCUT2D eigenvalue weighted by Gasteiger charge is 2.16. The predicted molar refractivity (Wildman–Crippen MR) is 128 cm³/mol. The molecule has 0 bridgehead atoms. The Kier molecular flexibility index (Phi) is 6.66. The molecule has 1 aromatic heterocycles. The van der Waals surface area contributed by atoms with Crippen LogP contribution in [0, 0.1) is 6.92 Å². The van der Waals surface area contributed by atoms with Gasteiger partial charge in [-0.3, -0.25) is 14.6 Å². The van der Waals surface area contributed by atoms with Crippen LogP contribution in [0.25, 0.3) is 10.9 Å². The highest BCUT2D eigenvalue weighted by Crippen LogP contribution is 2.22. The fraction of sp³-hybridized carbons (Fsp3) is 0.320. The Labute approximate surface area is 188 Å². The number of pyridine rings is 1. The predicted octanol–water partition coefficient (Wildman–Crippen LogP) is 2.59. The van der Waals surface area contributed by atoms with E-state index in [4.69, 9.17) is 0 Å². The number of anilines is 2. The molecule has 1 aliphatic heterocycles. The van der Waals surface area contributed by atoms with E-state index in [1.54, 1.807) is 6.07 Å². The molecule has 32 heavy (non-hydrogen) atoms. The third-order valence-electron chi connectivity index (χ3n) is 5.80. The summed E-state index contributed by atoms with van der Waals surface area (Å²) in [6.45, 7) is 6.48. The lowest BCUT2D eigenvalue weighted by Gasteiger charge is -2.34. The van der Waals surface area contributed by atoms with Crippen molar-refractivity contribution in [3.8, 4) is 0 Å². The normalized spacial score (nSPS) is 14.4. The molecule has 0 radical (unpaired) electrons. The maximum Gasteiger partial charge on any atom is 0.313 e. The maximum absolute atomic E-state index is 12.4. The number of amides is 2. The Balaban J connectivity index is 1.28. The van der Waals surface area contributed by atoms with Crippen molar-refractivity contribution in [1.29, 1.82) is 0 Å². The van der Waals surface area contributed by atoms with Gasteiger partial charge >= 0.3 is 11.8 Å². The number of hydrogen-bond donors (Lipinski definition) is 2. The fourth-order valence-corrected chi connectivity index (χ4v) is 3.93. The Morgan fingerprint density at radius 1 is 0.969 bits per heavy atom. The molecule has 2 heterocycles. The molecule has 1 fully saturated rings. The molecule has 0 spiro atoms. The molecule has 2 N–H and O–H groups in total. The van der Waals surface area contributed by atoms with Crippen LogP contribution in [0.1, 0.15) is 11.3 Å². The first-order valence-electron chi connectivity index (χ1n) is 11.0. The molecule has 7 nitrogen and oxygen atoms in total. The number of likely N-dealkylation sites (N-methyl/N-ethyl adjacent to an activating group) is 1. The van der Waals surface area contributed by atoms with Crippen LogP contribution in [0.2, 0.25) is 0 Å². The second-order valence-corrected chi connectivity index (χ2v) is 8.25. The number of carbonyl (C=O) groups is 2. The van der Waals surface area contributed by atoms with Crippen molar-refractivity contribution in [2.24, 2.45) is 0 Å². The van der Waals surface area contributed by atoms with Crippen molar-refractivity contribution in [3.63, 3.8) is 0 Å². The molecular weight excluding hydrogens is 402 g/mol. The lowest BCUT2D eigenvalue weighted by atomic mass is 10.1. The first-order chi connectivity index (χ1) is 15.5. The van der Waals surface area contributed by atoms with E-state index in [9.17, 15) is 9.59 Å². The molecule has 4 rings (SSSR count). The van der Waals surface area contributed by atoms with Gasteiger partial charge in [-0.15, -0.1) is 0 Å². The minimum absolute atomic E-state index is 0.399. The first-order valence-corrected chi connectivity index (χ1v) is 11.0. The van der Waals surface area contributed by atoms with Gasteiger partial charge < -0.3 is 20.4 Å². The Morgan fingerprint density at radius 2 is 1.69 bits per heavy atom. The Morgan fingerprint density at radius 3 is 2.44 bits per heavy atom. The van der Waals surface area contributed by atoms with Crippen LogP contribution in [0.4, 0.5) is 11.4 Å². The van der Waals surface area contributed by atoms with Crippen LogP contribution in [0.5, 0.6) is 0 Å². The number of piperazine rings is 1. The summed E-state index contributed by atoms with van der Waals surface area (Å²) in [5.74, 6) is -1.32. The third kappa shape index (κ3) is 5.23. The largest absolute Gasteiger partial charge is 0.369 e. The van der Waals surface area contributed by atoms with Crippen molar-refractivity contribution in [3.05, 3.63) is 65.9 Å². The molecule has 1 saturated heterocycles. The van der Waals surface area contributed by atoms with E-state index in [2.05, 4.69) is 56.7 Å². The number of nitrogens with one attached hydrogen (secondary N) is 2. The fourth-order valence-electron chi connectivity index (χ4n) is 3.93. The minimum Gasteiger partial charge on any atom is -0.369 e. The maximum atomic E-state index is 12.4. The Hall–Kier alpha value is -3.45. The van der Waals surface area contributed by atoms with Crippen molar-refractivity contribution in [2.45, 2.75) is 13.3 Å². The van der Waals surface area contributed by atoms with Crippen LogP contribution in [0.3, 0.4) is 0 Å². The van der Waals surface area contributed by atoms with Crippen molar-refractivity contribution in [1.82, 2.24) is 15.2 Å². The molecule has 1 aliphatic rings. The van der Waals surface area contributed by atoms with Gasteiger partial charge in [0.2, 0.25) is 0 Å². The second kappa shape index (κ2) is 9.78. The smallest absolute Gasteiger partial charge is 0.313 e. The summed E-state index contributed by atoms with van der Waals surface area (Å²) in [7, 11) is 2.15. The van der Waals surface area contributed by atoms with Crippen LogP contribution in [-0.4, -0.2) is 61.5 Å². The van der Waals surface area contributed by atoms with Crippen LogP contribution in [-0.2, 0) is 16.0 Å². The van der Waals surface area contributed by atoms with E-state index in [1.807, 2.05) is 31.2 Å². The van der Waals surface area contributed by atoms with Gasteiger partial charge in [-0.1, -0.05) is 30.3 Å². The zero-order chi connectivity index (χ0) is 22.5. The van der Waals surface area contributed by atoms with E-state index in [0.29, 0.717) is 18.7 Å². The van der Waals surface area contributed by atoms with Gasteiger partial charge in [0, 0.05) is 49.5 Å². The summed E-state index contributed by atoms with van der Waals surface area (Å²) in [6.07, 6.45) is 0.666. The zero-order valence-electron chi connectivity index (χ0n) is 18.6. The van der Waals surface area contributed by atoms with Gasteiger partial charge in [0.1, 0.15) is 0 Å². The third-order valence-corrected chi connectivity index (χ3v) is 5.80. The van der Waals surface area contributed by atoms with Gasteiger partial charge in [0.15, 0.2) is 0 Å². The van der Waals surface area contributed by atoms with Crippen molar-refractivity contribution >= 4 is 34.1 Å². The van der Waals surface area contributed by atoms with E-state index in [1.165, 1.54) is 5.69 Å². The molecule has 0 unspecified atom stereocenters. The highest BCUT2D eigenvalue weighted by atomic mass is 16.2. The number of aromatic nitrogens is 1. The molecule has 0 saturated carbocycles. The average Bonchev–Trinajstić information content (AvgIpc) is 2.80. The van der Waals surface area contributed by atoms with Gasteiger partial charge in [0.05, 0.1) is 11.2 Å². The summed E-state index contributed by atoms with van der Waals surface area (Å²) in [4.78, 5) is 33.9. The highest BCUT2D eigenvalue weighted by molar-refractivity contribution is 6.40. The summed E-state index contributed by atoms with van der Waals surface area (Å²) < 4.78 is 0. The molecule has 0 atom stereocenters. The van der Waals surface area contributed by atoms with Gasteiger partial charge in [-0.2, -0.15) is 0 Å². The Bertz CT molecular complexity index is 1110. The monoisotopic (exact) mass is 431 g/mol. The van der Waals surface area contributed by atoms with E-state index in [-0.39, 0.29) is 0 Å². The average molecular weight is 432 g/mol. The number of carbonyl (C=O) groups excluding carboxylic acids is 2. The molecule has 166 valence electrons. The van der Waals surface area contributed by atoms with Gasteiger partial charge in [-0.25, -0.2) is 0 Å². The molecule has 2 aromatic carbocycles. The van der Waals surface area contributed by atoms with Crippen LogP contribution >= 0.6 is 0 Å². The number of aryl methyl sites for hydroxylation is 1. The SMILES string of the molecule is Cc1cc(NC(=O)C(=O)NCCc2ccc(N3CCN(C)CC3)cc2)c2ccccc2n1. The number of fused-ring (bicyclic) bond motifs is 1. The number of nitrogens with zero attached hydrogens (tertiary/aromatic N) is 3. The quantitative estimate of drug-likeness (QED) is 0.608. The summed E-state index contributed by atoms with van der Waals surface area (Å²) in [5.41, 5.74) is 4.50. The van der Waals surface area contributed by atoms with Gasteiger partial charge in [0.25, 0.3) is 0 Å². The zero-order valence-corrected chi connectivity index (χ0v) is 18.6. The van der Waals surface area contributed by atoms with Crippen LogP contribution < -0.4 is 15.5 Å².